The lowest BCUT2D eigenvalue weighted by molar-refractivity contribution is 0.183. The fourth-order valence-electron chi connectivity index (χ4n) is 2.15. The summed E-state index contributed by atoms with van der Waals surface area (Å²) >= 11 is 0. The molecule has 1 aromatic rings. The van der Waals surface area contributed by atoms with Crippen molar-refractivity contribution in [2.75, 3.05) is 26.2 Å². The lowest BCUT2D eigenvalue weighted by Gasteiger charge is -2.33. The fourth-order valence-corrected chi connectivity index (χ4v) is 2.15. The summed E-state index contributed by atoms with van der Waals surface area (Å²) in [6.07, 6.45) is 0. The van der Waals surface area contributed by atoms with Crippen molar-refractivity contribution in [3.63, 3.8) is 0 Å². The van der Waals surface area contributed by atoms with Crippen LogP contribution in [0, 0.1) is 0 Å². The third-order valence-electron chi connectivity index (χ3n) is 3.16. The largest absolute Gasteiger partial charge is 0.508 e. The van der Waals surface area contributed by atoms with Crippen LogP contribution in [0.25, 0.3) is 0 Å². The molecule has 104 valence electrons. The van der Waals surface area contributed by atoms with Crippen molar-refractivity contribution in [1.82, 2.24) is 10.2 Å². The average Bonchev–Trinajstić information content (AvgIpc) is 2.29. The smallest absolute Gasteiger partial charge is 0.124 e. The molecule has 18 heavy (non-hydrogen) atoms. The van der Waals surface area contributed by atoms with Gasteiger partial charge in [-0.1, -0.05) is 6.07 Å². The van der Waals surface area contributed by atoms with Gasteiger partial charge in [-0.2, -0.15) is 0 Å². The molecule has 2 rings (SSSR count). The third-order valence-corrected chi connectivity index (χ3v) is 3.16. The molecule has 0 aromatic heterocycles. The maximum atomic E-state index is 9.79. The Balaban J connectivity index is 0.00000144. The normalized spacial score (nSPS) is 17.4. The van der Waals surface area contributed by atoms with Crippen LogP contribution in [-0.4, -0.2) is 41.3 Å². The third kappa shape index (κ3) is 3.92. The second-order valence-electron chi connectivity index (χ2n) is 4.21. The van der Waals surface area contributed by atoms with Crippen LogP contribution in [0.5, 0.6) is 11.5 Å². The molecule has 1 aliphatic heterocycles. The predicted molar refractivity (Wildman–Crippen MR) is 77.1 cm³/mol. The van der Waals surface area contributed by atoms with Gasteiger partial charge in [-0.25, -0.2) is 0 Å². The minimum absolute atomic E-state index is 0. The quantitative estimate of drug-likeness (QED) is 0.780. The number of nitrogens with one attached hydrogen (secondary N) is 1. The lowest BCUT2D eigenvalue weighted by atomic mass is 10.0. The second-order valence-corrected chi connectivity index (χ2v) is 4.21. The molecule has 0 aliphatic carbocycles. The Labute approximate surface area is 120 Å². The zero-order chi connectivity index (χ0) is 11.5. The molecule has 4 nitrogen and oxygen atoms in total. The first-order chi connectivity index (χ1) is 7.68. The first-order valence-electron chi connectivity index (χ1n) is 5.65. The zero-order valence-electron chi connectivity index (χ0n) is 10.3. The number of aromatic hydroxyl groups is 2. The van der Waals surface area contributed by atoms with E-state index in [0.29, 0.717) is 0 Å². The van der Waals surface area contributed by atoms with Crippen molar-refractivity contribution < 1.29 is 10.2 Å². The van der Waals surface area contributed by atoms with Gasteiger partial charge < -0.3 is 15.5 Å². The summed E-state index contributed by atoms with van der Waals surface area (Å²) in [4.78, 5) is 2.32. The molecule has 0 unspecified atom stereocenters. The number of halogens is 2. The van der Waals surface area contributed by atoms with Crippen LogP contribution in [-0.2, 0) is 0 Å². The zero-order valence-corrected chi connectivity index (χ0v) is 11.9. The van der Waals surface area contributed by atoms with Crippen molar-refractivity contribution in [1.29, 1.82) is 0 Å². The monoisotopic (exact) mass is 294 g/mol. The SMILES string of the molecule is C[C@H](c1ccc(O)cc1O)N1CCNCC1.Cl.Cl. The van der Waals surface area contributed by atoms with Crippen LogP contribution in [0.3, 0.4) is 0 Å². The molecule has 0 radical (unpaired) electrons. The first kappa shape index (κ1) is 17.3. The Morgan fingerprint density at radius 3 is 2.33 bits per heavy atom. The van der Waals surface area contributed by atoms with Gasteiger partial charge in [0.05, 0.1) is 0 Å². The van der Waals surface area contributed by atoms with E-state index in [9.17, 15) is 10.2 Å². The van der Waals surface area contributed by atoms with Gasteiger partial charge in [-0.15, -0.1) is 24.8 Å². The van der Waals surface area contributed by atoms with E-state index in [1.54, 1.807) is 12.1 Å². The molecule has 1 saturated heterocycles. The topological polar surface area (TPSA) is 55.7 Å². The van der Waals surface area contributed by atoms with Gasteiger partial charge in [0, 0.05) is 43.9 Å². The van der Waals surface area contributed by atoms with Crippen molar-refractivity contribution in [3.8, 4) is 11.5 Å². The summed E-state index contributed by atoms with van der Waals surface area (Å²) in [5.74, 6) is 0.278. The standard InChI is InChI=1S/C12H18N2O2.2ClH/c1-9(14-6-4-13-5-7-14)11-3-2-10(15)8-12(11)16;;/h2-3,8-9,13,15-16H,4-7H2,1H3;2*1H/t9-;;/m1../s1. The molecule has 3 N–H and O–H groups in total. The van der Waals surface area contributed by atoms with E-state index in [4.69, 9.17) is 0 Å². The van der Waals surface area contributed by atoms with Gasteiger partial charge in [0.15, 0.2) is 0 Å². The van der Waals surface area contributed by atoms with E-state index >= 15 is 0 Å². The minimum atomic E-state index is 0. The summed E-state index contributed by atoms with van der Waals surface area (Å²) in [5, 5.41) is 22.3. The van der Waals surface area contributed by atoms with E-state index in [1.165, 1.54) is 6.07 Å². The number of benzene rings is 1. The van der Waals surface area contributed by atoms with Crippen molar-refractivity contribution in [2.45, 2.75) is 13.0 Å². The van der Waals surface area contributed by atoms with Gasteiger partial charge in [0.25, 0.3) is 0 Å². The summed E-state index contributed by atoms with van der Waals surface area (Å²) in [6.45, 7) is 6.03. The number of hydrogen-bond acceptors (Lipinski definition) is 4. The minimum Gasteiger partial charge on any atom is -0.508 e. The highest BCUT2D eigenvalue weighted by Crippen LogP contribution is 2.31. The number of piperazine rings is 1. The van der Waals surface area contributed by atoms with Gasteiger partial charge in [0.2, 0.25) is 0 Å². The number of phenols is 2. The van der Waals surface area contributed by atoms with Crippen LogP contribution in [0.1, 0.15) is 18.5 Å². The summed E-state index contributed by atoms with van der Waals surface area (Å²) in [6, 6.07) is 4.99. The molecule has 1 fully saturated rings. The Bertz CT molecular complexity index is 371. The maximum absolute atomic E-state index is 9.79. The van der Waals surface area contributed by atoms with Gasteiger partial charge in [0.1, 0.15) is 11.5 Å². The van der Waals surface area contributed by atoms with Crippen LogP contribution in [0.2, 0.25) is 0 Å². The Morgan fingerprint density at radius 1 is 1.17 bits per heavy atom. The number of hydrogen-bond donors (Lipinski definition) is 3. The lowest BCUT2D eigenvalue weighted by Crippen LogP contribution is -2.44. The molecule has 0 saturated carbocycles. The van der Waals surface area contributed by atoms with Crippen LogP contribution in [0.15, 0.2) is 18.2 Å². The molecule has 6 heteroatoms. The number of nitrogens with zero attached hydrogens (tertiary/aromatic N) is 1. The Morgan fingerprint density at radius 2 is 1.78 bits per heavy atom. The summed E-state index contributed by atoms with van der Waals surface area (Å²) in [7, 11) is 0. The summed E-state index contributed by atoms with van der Waals surface area (Å²) in [5.41, 5.74) is 0.875. The van der Waals surface area contributed by atoms with E-state index in [-0.39, 0.29) is 42.4 Å². The molecular formula is C12H20Cl2N2O2. The highest BCUT2D eigenvalue weighted by atomic mass is 35.5. The van der Waals surface area contributed by atoms with E-state index in [2.05, 4.69) is 17.1 Å². The van der Waals surface area contributed by atoms with E-state index in [1.807, 2.05) is 0 Å². The molecule has 1 heterocycles. The number of rotatable bonds is 2. The van der Waals surface area contributed by atoms with Crippen LogP contribution >= 0.6 is 24.8 Å². The van der Waals surface area contributed by atoms with Crippen molar-refractivity contribution >= 4 is 24.8 Å². The predicted octanol–water partition coefficient (Wildman–Crippen LogP) is 1.91. The molecule has 1 aliphatic rings. The Hall–Kier alpha value is -0.680. The fraction of sp³-hybridized carbons (Fsp3) is 0.500. The van der Waals surface area contributed by atoms with Gasteiger partial charge in [-0.3, -0.25) is 4.90 Å². The highest BCUT2D eigenvalue weighted by Gasteiger charge is 2.20. The van der Waals surface area contributed by atoms with Gasteiger partial charge in [-0.05, 0) is 13.0 Å². The molecule has 0 bridgehead atoms. The molecule has 1 atom stereocenters. The van der Waals surface area contributed by atoms with E-state index in [0.717, 1.165) is 31.7 Å². The second kappa shape index (κ2) is 7.69. The maximum Gasteiger partial charge on any atom is 0.124 e. The van der Waals surface area contributed by atoms with Gasteiger partial charge >= 0.3 is 0 Å². The average molecular weight is 295 g/mol. The van der Waals surface area contributed by atoms with Crippen molar-refractivity contribution in [3.05, 3.63) is 23.8 Å². The highest BCUT2D eigenvalue weighted by molar-refractivity contribution is 5.85. The summed E-state index contributed by atoms with van der Waals surface area (Å²) < 4.78 is 0. The molecular weight excluding hydrogens is 275 g/mol. The van der Waals surface area contributed by atoms with Crippen LogP contribution in [0.4, 0.5) is 0 Å². The number of phenolic OH excluding ortho intramolecular Hbond substituents is 2. The van der Waals surface area contributed by atoms with Crippen molar-refractivity contribution in [2.24, 2.45) is 0 Å². The van der Waals surface area contributed by atoms with Crippen LogP contribution < -0.4 is 5.32 Å². The first-order valence-corrected chi connectivity index (χ1v) is 5.65. The van der Waals surface area contributed by atoms with E-state index < -0.39 is 0 Å². The molecule has 0 spiro atoms. The molecule has 0 amide bonds. The molecule has 1 aromatic carbocycles. The Kier molecular flexibility index (Phi) is 7.40.